The van der Waals surface area contributed by atoms with E-state index in [1.165, 1.54) is 0 Å². The summed E-state index contributed by atoms with van der Waals surface area (Å²) in [7, 11) is -5.17. The monoisotopic (exact) mass is 249 g/mol. The van der Waals surface area contributed by atoms with Gasteiger partial charge in [0.05, 0.1) is 0 Å². The molecule has 11 heavy (non-hydrogen) atoms. The molecular weight excluding hydrogens is 240 g/mol. The molecule has 0 radical (unpaired) electrons. The molecule has 0 saturated heterocycles. The van der Waals surface area contributed by atoms with E-state index in [9.17, 15) is 0 Å². The Bertz CT molecular complexity index is 92.7. The van der Waals surface area contributed by atoms with Gasteiger partial charge in [0.1, 0.15) is 0 Å². The van der Waals surface area contributed by atoms with E-state index in [0.717, 1.165) is 0 Å². The van der Waals surface area contributed by atoms with Crippen molar-refractivity contribution in [1.82, 2.24) is 0 Å². The Morgan fingerprint density at radius 2 is 0.727 bits per heavy atom. The van der Waals surface area contributed by atoms with Crippen LogP contribution in [0.2, 0.25) is 0 Å². The molecule has 0 spiro atoms. The van der Waals surface area contributed by atoms with Crippen molar-refractivity contribution in [3.8, 4) is 0 Å². The summed E-state index contributed by atoms with van der Waals surface area (Å²) >= 11 is 0. The zero-order chi connectivity index (χ0) is 4.50. The zero-order valence-corrected chi connectivity index (χ0v) is 6.60. The van der Waals surface area contributed by atoms with Gasteiger partial charge in [0.2, 0.25) is 0 Å². The van der Waals surface area contributed by atoms with Crippen molar-refractivity contribution in [1.29, 1.82) is 0 Å². The van der Waals surface area contributed by atoms with E-state index in [4.69, 9.17) is 17.5 Å². The molecule has 0 amide bonds. The Kier molecular flexibility index (Phi) is 135. The first-order chi connectivity index (χ1) is 2.00. The average molecular weight is 250 g/mol. The van der Waals surface area contributed by atoms with Crippen LogP contribution in [0.25, 0.3) is 0 Å². The summed E-state index contributed by atoms with van der Waals surface area (Å²) in [6.07, 6.45) is 0. The topological polar surface area (TPSA) is 238 Å². The maximum atomic E-state index is 8.52. The van der Waals surface area contributed by atoms with Gasteiger partial charge in [0, 0.05) is 10.4 Å². The molecule has 0 unspecified atom stereocenters. The first-order valence-corrected chi connectivity index (χ1v) is 2.00. The van der Waals surface area contributed by atoms with Gasteiger partial charge in [-0.3, -0.25) is 8.42 Å². The van der Waals surface area contributed by atoms with Gasteiger partial charge < -0.3 is 36.5 Å². The van der Waals surface area contributed by atoms with Crippen LogP contribution < -0.4 is 0 Å². The molecular formula is H10CuO9S-. The minimum absolute atomic E-state index is 0. The molecule has 0 heterocycles. The van der Waals surface area contributed by atoms with E-state index in [0.29, 0.717) is 0 Å². The molecule has 9 nitrogen and oxygen atoms in total. The summed E-state index contributed by atoms with van der Waals surface area (Å²) in [5.74, 6) is 0. The molecule has 0 aromatic heterocycles. The van der Waals surface area contributed by atoms with Crippen LogP contribution in [0.15, 0.2) is 0 Å². The van der Waals surface area contributed by atoms with Crippen LogP contribution in [0.1, 0.15) is 0 Å². The van der Waals surface area contributed by atoms with Crippen molar-refractivity contribution in [3.63, 3.8) is 0 Å². The second kappa shape index (κ2) is 22.5. The van der Waals surface area contributed by atoms with Crippen LogP contribution in [-0.4, -0.2) is 44.9 Å². The van der Waals surface area contributed by atoms with Gasteiger partial charge in [-0.05, 0) is 0 Å². The standard InChI is InChI=1S/Cu.H2O4S.5H2O/c;1-5(2,3)4;;;;;/h;(H2,1,2,3,4);5*1H2/q+1;;;;;;/p-2. The van der Waals surface area contributed by atoms with Crippen LogP contribution in [0.4, 0.5) is 0 Å². The van der Waals surface area contributed by atoms with E-state index >= 15 is 0 Å². The van der Waals surface area contributed by atoms with E-state index in [-0.39, 0.29) is 44.4 Å². The first-order valence-electron chi connectivity index (χ1n) is 0.667. The fraction of sp³-hybridized carbons (Fsp3) is 0. The summed E-state index contributed by atoms with van der Waals surface area (Å²) in [4.78, 5) is 0. The van der Waals surface area contributed by atoms with Crippen molar-refractivity contribution in [2.75, 3.05) is 0 Å². The molecule has 0 saturated carbocycles. The van der Waals surface area contributed by atoms with Crippen molar-refractivity contribution >= 4 is 10.4 Å². The third kappa shape index (κ3) is 19000. The second-order valence-corrected chi connectivity index (χ2v) is 1.22. The molecule has 11 heteroatoms. The van der Waals surface area contributed by atoms with Gasteiger partial charge in [0.15, 0.2) is 0 Å². The normalized spacial score (nSPS) is 5.27. The van der Waals surface area contributed by atoms with Crippen LogP contribution in [0.3, 0.4) is 0 Å². The summed E-state index contributed by atoms with van der Waals surface area (Å²) < 4.78 is 34.1. The van der Waals surface area contributed by atoms with E-state index in [1.54, 1.807) is 0 Å². The van der Waals surface area contributed by atoms with Gasteiger partial charge in [-0.25, -0.2) is 0 Å². The predicted molar refractivity (Wildman–Crippen MR) is 28.5 cm³/mol. The third-order valence-corrected chi connectivity index (χ3v) is 0. The molecule has 0 aliphatic heterocycles. The van der Waals surface area contributed by atoms with Gasteiger partial charge >= 0.3 is 17.1 Å². The Labute approximate surface area is 73.0 Å². The largest absolute Gasteiger partial charge is 1.00 e. The maximum Gasteiger partial charge on any atom is 1.00 e. The second-order valence-electron chi connectivity index (χ2n) is 0.408. The molecule has 0 aromatic carbocycles. The molecule has 82 valence electrons. The minimum Gasteiger partial charge on any atom is -0.759 e. The van der Waals surface area contributed by atoms with E-state index in [2.05, 4.69) is 0 Å². The summed E-state index contributed by atoms with van der Waals surface area (Å²) in [5.41, 5.74) is 0. The Morgan fingerprint density at radius 3 is 0.727 bits per heavy atom. The molecule has 0 aliphatic rings. The van der Waals surface area contributed by atoms with Crippen LogP contribution in [0.5, 0.6) is 0 Å². The molecule has 0 atom stereocenters. The van der Waals surface area contributed by atoms with Gasteiger partial charge in [-0.1, -0.05) is 0 Å². The van der Waals surface area contributed by atoms with Crippen LogP contribution in [-0.2, 0) is 27.5 Å². The van der Waals surface area contributed by atoms with Crippen molar-refractivity contribution < 1.29 is 62.0 Å². The Balaban J connectivity index is -0.00000000533. The fourth-order valence-corrected chi connectivity index (χ4v) is 0. The predicted octanol–water partition coefficient (Wildman–Crippen LogP) is -5.46. The SMILES string of the molecule is O.O.O.O.O.O=S(=O)([O-])[O-].[Cu+]. The third-order valence-electron chi connectivity index (χ3n) is 0. The summed E-state index contributed by atoms with van der Waals surface area (Å²) in [5, 5.41) is 0. The zero-order valence-electron chi connectivity index (χ0n) is 4.84. The van der Waals surface area contributed by atoms with Crippen LogP contribution in [0, 0.1) is 0 Å². The molecule has 0 aromatic rings. The van der Waals surface area contributed by atoms with E-state index in [1.807, 2.05) is 0 Å². The number of rotatable bonds is 0. The van der Waals surface area contributed by atoms with Crippen molar-refractivity contribution in [2.45, 2.75) is 0 Å². The summed E-state index contributed by atoms with van der Waals surface area (Å²) in [6, 6.07) is 0. The molecule has 0 rings (SSSR count). The Morgan fingerprint density at radius 1 is 0.727 bits per heavy atom. The fourth-order valence-electron chi connectivity index (χ4n) is 0. The van der Waals surface area contributed by atoms with Crippen molar-refractivity contribution in [3.05, 3.63) is 0 Å². The smallest absolute Gasteiger partial charge is 0.759 e. The summed E-state index contributed by atoms with van der Waals surface area (Å²) in [6.45, 7) is 0. The van der Waals surface area contributed by atoms with Gasteiger partial charge in [-0.15, -0.1) is 0 Å². The minimum atomic E-state index is -5.17. The average Bonchev–Trinajstić information content (AvgIpc) is 0.722. The van der Waals surface area contributed by atoms with Gasteiger partial charge in [-0.2, -0.15) is 0 Å². The quantitative estimate of drug-likeness (QED) is 0.232. The Hall–Kier alpha value is 0.189. The van der Waals surface area contributed by atoms with E-state index < -0.39 is 10.4 Å². The maximum absolute atomic E-state index is 8.52. The van der Waals surface area contributed by atoms with Crippen LogP contribution >= 0.6 is 0 Å². The number of hydrogen-bond acceptors (Lipinski definition) is 4. The number of hydrogen-bond donors (Lipinski definition) is 0. The molecule has 0 bridgehead atoms. The molecule has 0 aliphatic carbocycles. The van der Waals surface area contributed by atoms with Gasteiger partial charge in [0.25, 0.3) is 0 Å². The molecule has 0 fully saturated rings. The van der Waals surface area contributed by atoms with Crippen molar-refractivity contribution in [2.24, 2.45) is 0 Å². The molecule has 10 N–H and O–H groups in total. The first kappa shape index (κ1) is 66.2.